The van der Waals surface area contributed by atoms with Crippen molar-refractivity contribution in [2.24, 2.45) is 0 Å². The Balaban J connectivity index is 2.08. The van der Waals surface area contributed by atoms with Gasteiger partial charge in [-0.05, 0) is 24.6 Å². The van der Waals surface area contributed by atoms with Gasteiger partial charge in [-0.25, -0.2) is 0 Å². The number of para-hydroxylation sites is 1. The van der Waals surface area contributed by atoms with Gasteiger partial charge >= 0.3 is 0 Å². The molecule has 0 bridgehead atoms. The van der Waals surface area contributed by atoms with Crippen LogP contribution < -0.4 is 5.43 Å². The molecule has 0 atom stereocenters. The summed E-state index contributed by atoms with van der Waals surface area (Å²) >= 11 is 0. The van der Waals surface area contributed by atoms with Crippen molar-refractivity contribution in [2.45, 2.75) is 13.5 Å². The molecule has 1 aromatic heterocycles. The molecule has 3 rings (SSSR count). The monoisotopic (exact) mass is 250 g/mol. The second-order valence-corrected chi connectivity index (χ2v) is 4.67. The van der Waals surface area contributed by atoms with E-state index in [0.717, 1.165) is 5.52 Å². The molecule has 19 heavy (non-hydrogen) atoms. The van der Waals surface area contributed by atoms with Crippen molar-refractivity contribution in [3.63, 3.8) is 0 Å². The maximum absolute atomic E-state index is 11.8. The Morgan fingerprint density at radius 1 is 1.05 bits per heavy atom. The molecule has 94 valence electrons. The molecule has 0 aliphatic heterocycles. The fourth-order valence-electron chi connectivity index (χ4n) is 2.15. The average molecular weight is 250 g/mol. The third-order valence-electron chi connectivity index (χ3n) is 3.21. The quantitative estimate of drug-likeness (QED) is 0.701. The summed E-state index contributed by atoms with van der Waals surface area (Å²) in [7, 11) is 0. The number of rotatable bonds is 2. The van der Waals surface area contributed by atoms with Gasteiger partial charge in [-0.2, -0.15) is 5.10 Å². The van der Waals surface area contributed by atoms with E-state index in [1.54, 1.807) is 0 Å². The van der Waals surface area contributed by atoms with E-state index in [9.17, 15) is 4.79 Å². The number of hydrogen-bond acceptors (Lipinski definition) is 2. The first kappa shape index (κ1) is 11.7. The summed E-state index contributed by atoms with van der Waals surface area (Å²) < 4.78 is 1.86. The summed E-state index contributed by atoms with van der Waals surface area (Å²) in [5.74, 6) is 0. The molecule has 0 N–H and O–H groups in total. The summed E-state index contributed by atoms with van der Waals surface area (Å²) in [6.07, 6.45) is 1.39. The Morgan fingerprint density at radius 3 is 2.58 bits per heavy atom. The van der Waals surface area contributed by atoms with Crippen LogP contribution in [-0.4, -0.2) is 9.78 Å². The van der Waals surface area contributed by atoms with E-state index in [2.05, 4.69) is 36.3 Å². The molecular formula is C16H14N2O. The SMILES string of the molecule is Cc1ccc(Cn2ncc(=O)c3ccccc32)cc1. The van der Waals surface area contributed by atoms with Gasteiger partial charge in [-0.15, -0.1) is 0 Å². The smallest absolute Gasteiger partial charge is 0.207 e. The lowest BCUT2D eigenvalue weighted by Gasteiger charge is -2.09. The van der Waals surface area contributed by atoms with Gasteiger partial charge in [-0.3, -0.25) is 9.48 Å². The number of hydrogen-bond donors (Lipinski definition) is 0. The lowest BCUT2D eigenvalue weighted by Crippen LogP contribution is -2.12. The van der Waals surface area contributed by atoms with E-state index in [0.29, 0.717) is 11.9 Å². The summed E-state index contributed by atoms with van der Waals surface area (Å²) in [6, 6.07) is 15.9. The minimum absolute atomic E-state index is 0.0317. The van der Waals surface area contributed by atoms with Crippen LogP contribution in [0.25, 0.3) is 10.9 Å². The van der Waals surface area contributed by atoms with E-state index >= 15 is 0 Å². The van der Waals surface area contributed by atoms with Gasteiger partial charge < -0.3 is 0 Å². The molecule has 0 saturated heterocycles. The van der Waals surface area contributed by atoms with Crippen LogP contribution in [0.1, 0.15) is 11.1 Å². The Kier molecular flexibility index (Phi) is 2.88. The van der Waals surface area contributed by atoms with Gasteiger partial charge in [0, 0.05) is 5.39 Å². The first-order chi connectivity index (χ1) is 9.24. The standard InChI is InChI=1S/C16H14N2O/c1-12-6-8-13(9-7-12)11-18-15-5-3-2-4-14(15)16(19)10-17-18/h2-10H,11H2,1H3. The molecule has 2 aromatic carbocycles. The van der Waals surface area contributed by atoms with Crippen molar-refractivity contribution >= 4 is 10.9 Å². The van der Waals surface area contributed by atoms with Crippen LogP contribution in [0.4, 0.5) is 0 Å². The van der Waals surface area contributed by atoms with E-state index in [4.69, 9.17) is 0 Å². The normalized spacial score (nSPS) is 10.8. The predicted molar refractivity (Wildman–Crippen MR) is 76.3 cm³/mol. The van der Waals surface area contributed by atoms with Crippen molar-refractivity contribution in [3.8, 4) is 0 Å². The summed E-state index contributed by atoms with van der Waals surface area (Å²) in [4.78, 5) is 11.8. The predicted octanol–water partition coefficient (Wildman–Crippen LogP) is 2.75. The molecule has 0 aliphatic rings. The van der Waals surface area contributed by atoms with E-state index < -0.39 is 0 Å². The number of nitrogens with zero attached hydrogens (tertiary/aromatic N) is 2. The highest BCUT2D eigenvalue weighted by atomic mass is 16.1. The molecule has 3 aromatic rings. The Bertz CT molecular complexity index is 773. The molecule has 0 unspecified atom stereocenters. The van der Waals surface area contributed by atoms with E-state index in [-0.39, 0.29) is 5.43 Å². The van der Waals surface area contributed by atoms with Gasteiger partial charge in [-0.1, -0.05) is 42.0 Å². The third kappa shape index (κ3) is 2.27. The maximum Gasteiger partial charge on any atom is 0.207 e. The lowest BCUT2D eigenvalue weighted by atomic mass is 10.1. The van der Waals surface area contributed by atoms with Crippen LogP contribution in [0.15, 0.2) is 59.5 Å². The Hall–Kier alpha value is -2.42. The summed E-state index contributed by atoms with van der Waals surface area (Å²) in [5, 5.41) is 4.94. The van der Waals surface area contributed by atoms with Crippen molar-refractivity contribution in [1.82, 2.24) is 9.78 Å². The van der Waals surface area contributed by atoms with Crippen LogP contribution in [0.5, 0.6) is 0 Å². The second-order valence-electron chi connectivity index (χ2n) is 4.67. The zero-order valence-electron chi connectivity index (χ0n) is 10.7. The fourth-order valence-corrected chi connectivity index (χ4v) is 2.15. The van der Waals surface area contributed by atoms with Gasteiger partial charge in [0.05, 0.1) is 18.3 Å². The van der Waals surface area contributed by atoms with Crippen molar-refractivity contribution in [3.05, 3.63) is 76.1 Å². The highest BCUT2D eigenvalue weighted by molar-refractivity contribution is 5.77. The molecule has 0 spiro atoms. The number of fused-ring (bicyclic) bond motifs is 1. The van der Waals surface area contributed by atoms with Crippen LogP contribution >= 0.6 is 0 Å². The topological polar surface area (TPSA) is 34.9 Å². The zero-order chi connectivity index (χ0) is 13.2. The fraction of sp³-hybridized carbons (Fsp3) is 0.125. The molecule has 0 amide bonds. The number of aromatic nitrogens is 2. The molecule has 1 heterocycles. The lowest BCUT2D eigenvalue weighted by molar-refractivity contribution is 0.694. The Labute approximate surface area is 111 Å². The van der Waals surface area contributed by atoms with Gasteiger partial charge in [0.15, 0.2) is 0 Å². The maximum atomic E-state index is 11.8. The van der Waals surface area contributed by atoms with Crippen LogP contribution in [0.2, 0.25) is 0 Å². The number of aryl methyl sites for hydroxylation is 1. The van der Waals surface area contributed by atoms with Gasteiger partial charge in [0.1, 0.15) is 0 Å². The van der Waals surface area contributed by atoms with Crippen LogP contribution in [0.3, 0.4) is 0 Å². The van der Waals surface area contributed by atoms with Crippen LogP contribution in [0, 0.1) is 6.92 Å². The summed E-state index contributed by atoms with van der Waals surface area (Å²) in [6.45, 7) is 2.73. The summed E-state index contributed by atoms with van der Waals surface area (Å²) in [5.41, 5.74) is 3.25. The number of benzene rings is 2. The third-order valence-corrected chi connectivity index (χ3v) is 3.21. The van der Waals surface area contributed by atoms with Gasteiger partial charge in [0.2, 0.25) is 5.43 Å². The molecular weight excluding hydrogens is 236 g/mol. The average Bonchev–Trinajstić information content (AvgIpc) is 2.45. The van der Waals surface area contributed by atoms with E-state index in [1.165, 1.54) is 17.3 Å². The minimum atomic E-state index is -0.0317. The van der Waals surface area contributed by atoms with Crippen molar-refractivity contribution in [1.29, 1.82) is 0 Å². The largest absolute Gasteiger partial charge is 0.287 e. The van der Waals surface area contributed by atoms with Crippen molar-refractivity contribution < 1.29 is 0 Å². The van der Waals surface area contributed by atoms with Crippen molar-refractivity contribution in [2.75, 3.05) is 0 Å². The molecule has 3 nitrogen and oxygen atoms in total. The van der Waals surface area contributed by atoms with E-state index in [1.807, 2.05) is 28.9 Å². The molecule has 0 fully saturated rings. The minimum Gasteiger partial charge on any atom is -0.287 e. The first-order valence-electron chi connectivity index (χ1n) is 6.24. The zero-order valence-corrected chi connectivity index (χ0v) is 10.7. The Morgan fingerprint density at radius 2 is 1.79 bits per heavy atom. The highest BCUT2D eigenvalue weighted by Crippen LogP contribution is 2.11. The molecule has 0 saturated carbocycles. The van der Waals surface area contributed by atoms with Crippen LogP contribution in [-0.2, 0) is 6.54 Å². The van der Waals surface area contributed by atoms with Gasteiger partial charge in [0.25, 0.3) is 0 Å². The molecule has 0 aliphatic carbocycles. The second kappa shape index (κ2) is 4.69. The molecule has 0 radical (unpaired) electrons. The highest BCUT2D eigenvalue weighted by Gasteiger charge is 2.03. The molecule has 3 heteroatoms. The first-order valence-corrected chi connectivity index (χ1v) is 6.24.